The lowest BCUT2D eigenvalue weighted by atomic mass is 9.68. The second kappa shape index (κ2) is 12.0. The van der Waals surface area contributed by atoms with Gasteiger partial charge in [0.25, 0.3) is 5.91 Å². The van der Waals surface area contributed by atoms with Crippen molar-refractivity contribution in [1.82, 2.24) is 4.98 Å². The van der Waals surface area contributed by atoms with Crippen molar-refractivity contribution in [3.8, 4) is 5.75 Å². The number of thioether (sulfide) groups is 1. The van der Waals surface area contributed by atoms with Crippen LogP contribution in [0.25, 0.3) is 0 Å². The summed E-state index contributed by atoms with van der Waals surface area (Å²) in [5.41, 5.74) is -1.69. The molecule has 1 saturated heterocycles. The highest BCUT2D eigenvalue weighted by Crippen LogP contribution is 2.69. The molecule has 0 radical (unpaired) electrons. The van der Waals surface area contributed by atoms with Gasteiger partial charge in [-0.05, 0) is 72.2 Å². The Balaban J connectivity index is 1.04. The van der Waals surface area contributed by atoms with Crippen LogP contribution in [0, 0.1) is 29.6 Å². The first-order valence-electron chi connectivity index (χ1n) is 15.8. The Hall–Kier alpha value is -4.57. The third-order valence-corrected chi connectivity index (χ3v) is 12.8. The molecule has 3 aromatic carbocycles. The Labute approximate surface area is 293 Å². The quantitative estimate of drug-likeness (QED) is 0.160. The van der Waals surface area contributed by atoms with Crippen molar-refractivity contribution >= 4 is 52.2 Å². The summed E-state index contributed by atoms with van der Waals surface area (Å²) in [5.74, 6) is -4.44. The van der Waals surface area contributed by atoms with Gasteiger partial charge in [-0.15, -0.1) is 11.8 Å². The zero-order valence-electron chi connectivity index (χ0n) is 26.0. The fourth-order valence-electron chi connectivity index (χ4n) is 8.43. The van der Waals surface area contributed by atoms with Crippen LogP contribution in [0.1, 0.15) is 33.9 Å². The number of imide groups is 1. The molecule has 2 N–H and O–H groups in total. The summed E-state index contributed by atoms with van der Waals surface area (Å²) in [4.78, 5) is 56.9. The molecule has 3 fully saturated rings. The van der Waals surface area contributed by atoms with Gasteiger partial charge in [0.2, 0.25) is 11.8 Å². The number of ether oxygens (including phenoxy) is 1. The van der Waals surface area contributed by atoms with Crippen LogP contribution in [0.4, 0.5) is 37.7 Å². The number of hydrogen-bond acceptors (Lipinski definition) is 7. The van der Waals surface area contributed by atoms with E-state index < -0.39 is 65.3 Å². The van der Waals surface area contributed by atoms with E-state index in [1.54, 1.807) is 24.3 Å². The van der Waals surface area contributed by atoms with Crippen LogP contribution in [0.2, 0.25) is 0 Å². The molecule has 3 heterocycles. The van der Waals surface area contributed by atoms with Crippen LogP contribution in [0.15, 0.2) is 82.6 Å². The maximum atomic E-state index is 14.0. The number of para-hydroxylation sites is 1. The van der Waals surface area contributed by atoms with Gasteiger partial charge in [0.05, 0.1) is 33.7 Å². The number of anilines is 2. The van der Waals surface area contributed by atoms with E-state index in [9.17, 15) is 45.5 Å². The second-order valence-electron chi connectivity index (χ2n) is 13.0. The Morgan fingerprint density at radius 1 is 0.882 bits per heavy atom. The van der Waals surface area contributed by atoms with Gasteiger partial charge >= 0.3 is 17.2 Å². The standard InChI is InChI=1S/C35H25F6N3O5S2/c36-34(37,38)16-4-3-5-17(12-16)42-23(45)14-49-18-10-8-15(9-11-18)24-25-19-13-20(28(25)50-30-29(24)51-33(48)43-30)27-26(19)31(46)44(32(27)47)22-7-2-1-6-21(22)35(39,40)41/h1-12,19-20,24-28H,13-14H2,(H,42,45)(H,43,48)/t19-,20-,24+,25-,26+,27+,28-/m1/s1. The first-order valence-corrected chi connectivity index (χ1v) is 17.5. The summed E-state index contributed by atoms with van der Waals surface area (Å²) in [5, 5.41) is 2.85. The number of benzene rings is 3. The minimum absolute atomic E-state index is 0.0389. The minimum atomic E-state index is -4.77. The van der Waals surface area contributed by atoms with Crippen molar-refractivity contribution < 1.29 is 45.5 Å². The van der Waals surface area contributed by atoms with Crippen molar-refractivity contribution in [2.75, 3.05) is 16.8 Å². The van der Waals surface area contributed by atoms with Crippen molar-refractivity contribution in [3.63, 3.8) is 0 Å². The van der Waals surface area contributed by atoms with Crippen molar-refractivity contribution in [2.45, 2.75) is 35.0 Å². The topological polar surface area (TPSA) is 109 Å². The molecule has 2 bridgehead atoms. The lowest BCUT2D eigenvalue weighted by molar-refractivity contribution is -0.138. The zero-order chi connectivity index (χ0) is 36.0. The Kier molecular flexibility index (Phi) is 7.90. The summed E-state index contributed by atoms with van der Waals surface area (Å²) in [6, 6.07) is 15.6. The molecule has 0 spiro atoms. The average molecular weight is 746 g/mol. The smallest absolute Gasteiger partial charge is 0.418 e. The molecule has 2 aliphatic carbocycles. The molecule has 8 rings (SSSR count). The van der Waals surface area contributed by atoms with Gasteiger partial charge in [0.1, 0.15) is 5.75 Å². The summed E-state index contributed by atoms with van der Waals surface area (Å²) >= 11 is 2.49. The van der Waals surface area contributed by atoms with E-state index in [2.05, 4.69) is 10.3 Å². The fourth-order valence-corrected chi connectivity index (χ4v) is 11.3. The SMILES string of the molecule is O=C(COc1ccc([C@@H]2c3sc(=O)[nH]c3S[C@@H]3[C@@H]4C[C@@H]([C@@H]5C(=O)N(c6ccccc6C(F)(F)F)C(=O)[C@@H]45)[C@H]23)cc1)Nc1cccc(C(F)(F)F)c1. The largest absolute Gasteiger partial charge is 0.484 e. The summed E-state index contributed by atoms with van der Waals surface area (Å²) < 4.78 is 86.6. The maximum absolute atomic E-state index is 14.0. The lowest BCUT2D eigenvalue weighted by Gasteiger charge is -2.43. The molecule has 51 heavy (non-hydrogen) atoms. The molecule has 16 heteroatoms. The van der Waals surface area contributed by atoms with Gasteiger partial charge in [0.15, 0.2) is 6.61 Å². The molecular weight excluding hydrogens is 721 g/mol. The van der Waals surface area contributed by atoms with E-state index in [-0.39, 0.29) is 39.5 Å². The Bertz CT molecular complexity index is 2130. The first-order chi connectivity index (χ1) is 24.2. The number of nitrogens with one attached hydrogen (secondary N) is 2. The van der Waals surface area contributed by atoms with Crippen LogP contribution < -0.4 is 19.8 Å². The molecule has 2 aliphatic heterocycles. The number of thiazole rings is 1. The summed E-state index contributed by atoms with van der Waals surface area (Å²) in [6.07, 6.45) is -8.80. The predicted molar refractivity (Wildman–Crippen MR) is 174 cm³/mol. The van der Waals surface area contributed by atoms with Crippen molar-refractivity contribution in [1.29, 1.82) is 0 Å². The third kappa shape index (κ3) is 5.62. The van der Waals surface area contributed by atoms with E-state index in [0.29, 0.717) is 17.2 Å². The molecule has 7 atom stereocenters. The van der Waals surface area contributed by atoms with Gasteiger partial charge in [-0.25, -0.2) is 4.90 Å². The Morgan fingerprint density at radius 2 is 1.59 bits per heavy atom. The fraction of sp³-hybridized carbons (Fsp3) is 0.314. The highest BCUT2D eigenvalue weighted by atomic mass is 32.2. The van der Waals surface area contributed by atoms with Crippen LogP contribution in [0.5, 0.6) is 5.75 Å². The van der Waals surface area contributed by atoms with Crippen LogP contribution in [0.3, 0.4) is 0 Å². The Morgan fingerprint density at radius 3 is 2.29 bits per heavy atom. The number of hydrogen-bond donors (Lipinski definition) is 2. The highest BCUT2D eigenvalue weighted by molar-refractivity contribution is 8.00. The number of rotatable bonds is 6. The zero-order valence-corrected chi connectivity index (χ0v) is 27.6. The van der Waals surface area contributed by atoms with E-state index in [4.69, 9.17) is 4.74 Å². The lowest BCUT2D eigenvalue weighted by Crippen LogP contribution is -2.42. The van der Waals surface area contributed by atoms with Gasteiger partial charge in [0, 0.05) is 21.7 Å². The van der Waals surface area contributed by atoms with E-state index in [1.165, 1.54) is 36.0 Å². The van der Waals surface area contributed by atoms with Gasteiger partial charge in [-0.2, -0.15) is 26.3 Å². The number of fused-ring (bicyclic) bond motifs is 9. The average Bonchev–Trinajstić information content (AvgIpc) is 3.82. The van der Waals surface area contributed by atoms with Crippen LogP contribution >= 0.6 is 23.1 Å². The normalized spacial score (nSPS) is 26.5. The summed E-state index contributed by atoms with van der Waals surface area (Å²) in [7, 11) is 0. The third-order valence-electron chi connectivity index (χ3n) is 10.3. The van der Waals surface area contributed by atoms with Crippen molar-refractivity contribution in [2.24, 2.45) is 29.6 Å². The number of carbonyl (C=O) groups excluding carboxylic acids is 3. The number of carbonyl (C=O) groups is 3. The van der Waals surface area contributed by atoms with E-state index in [1.807, 2.05) is 0 Å². The molecule has 2 saturated carbocycles. The molecule has 3 amide bonds. The number of aromatic nitrogens is 1. The molecule has 0 unspecified atom stereocenters. The number of H-pyrrole nitrogens is 1. The maximum Gasteiger partial charge on any atom is 0.418 e. The number of halogens is 6. The molecule has 4 aliphatic rings. The molecular formula is C35H25F6N3O5S2. The van der Waals surface area contributed by atoms with E-state index in [0.717, 1.165) is 50.9 Å². The summed E-state index contributed by atoms with van der Waals surface area (Å²) in [6.45, 7) is -0.485. The van der Waals surface area contributed by atoms with Gasteiger partial charge in [-0.3, -0.25) is 19.2 Å². The highest BCUT2D eigenvalue weighted by Gasteiger charge is 2.70. The number of nitrogens with zero attached hydrogens (tertiary/aromatic N) is 1. The minimum Gasteiger partial charge on any atom is -0.484 e. The van der Waals surface area contributed by atoms with Gasteiger partial charge in [-0.1, -0.05) is 41.7 Å². The second-order valence-corrected chi connectivity index (χ2v) is 15.2. The number of alkyl halides is 6. The number of aromatic amines is 1. The van der Waals surface area contributed by atoms with Crippen LogP contribution in [-0.4, -0.2) is 34.6 Å². The number of amides is 3. The molecule has 1 aromatic heterocycles. The monoisotopic (exact) mass is 745 g/mol. The first kappa shape index (κ1) is 33.6. The van der Waals surface area contributed by atoms with Gasteiger partial charge < -0.3 is 15.0 Å². The molecule has 4 aromatic rings. The van der Waals surface area contributed by atoms with Crippen LogP contribution in [-0.2, 0) is 26.7 Å². The van der Waals surface area contributed by atoms with Crippen molar-refractivity contribution in [3.05, 3.63) is 104 Å². The predicted octanol–water partition coefficient (Wildman–Crippen LogP) is 7.17. The van der Waals surface area contributed by atoms with E-state index >= 15 is 0 Å². The molecule has 8 nitrogen and oxygen atoms in total. The molecule has 264 valence electrons.